The number of aromatic nitrogens is 2. The van der Waals surface area contributed by atoms with E-state index in [0.717, 1.165) is 36.8 Å². The molecule has 0 bridgehead atoms. The van der Waals surface area contributed by atoms with Crippen LogP contribution < -0.4 is 9.62 Å². The van der Waals surface area contributed by atoms with Crippen LogP contribution in [-0.2, 0) is 21.5 Å². The zero-order valence-corrected chi connectivity index (χ0v) is 19.8. The summed E-state index contributed by atoms with van der Waals surface area (Å²) in [6.07, 6.45) is 3.63. The first kappa shape index (κ1) is 23.5. The molecule has 1 aromatic heterocycles. The molecule has 1 amide bonds. The Bertz CT molecular complexity index is 1200. The molecule has 0 aliphatic carbocycles. The largest absolute Gasteiger partial charge is 0.350 e. The molecular formula is C23H29N5O3S. The van der Waals surface area contributed by atoms with Gasteiger partial charge in [-0.15, -0.1) is 0 Å². The van der Waals surface area contributed by atoms with Crippen molar-refractivity contribution in [2.24, 2.45) is 0 Å². The highest BCUT2D eigenvalue weighted by atomic mass is 32.2. The number of carbonyl (C=O) groups is 1. The van der Waals surface area contributed by atoms with E-state index < -0.39 is 10.2 Å². The van der Waals surface area contributed by atoms with Gasteiger partial charge in [-0.3, -0.25) is 4.79 Å². The molecule has 170 valence electrons. The van der Waals surface area contributed by atoms with E-state index in [4.69, 9.17) is 0 Å². The van der Waals surface area contributed by atoms with Crippen molar-refractivity contribution < 1.29 is 13.2 Å². The van der Waals surface area contributed by atoms with Crippen LogP contribution in [0.5, 0.6) is 0 Å². The summed E-state index contributed by atoms with van der Waals surface area (Å²) in [6, 6.07) is 13.3. The summed E-state index contributed by atoms with van der Waals surface area (Å²) in [5.74, 6) is 0.505. The second kappa shape index (κ2) is 9.54. The zero-order valence-electron chi connectivity index (χ0n) is 19.0. The van der Waals surface area contributed by atoms with E-state index in [9.17, 15) is 13.2 Å². The van der Waals surface area contributed by atoms with E-state index in [2.05, 4.69) is 10.3 Å². The maximum atomic E-state index is 12.9. The lowest BCUT2D eigenvalue weighted by atomic mass is 10.1. The minimum absolute atomic E-state index is 0.296. The van der Waals surface area contributed by atoms with Crippen molar-refractivity contribution in [1.29, 1.82) is 0 Å². The Labute approximate surface area is 189 Å². The molecule has 9 heteroatoms. The van der Waals surface area contributed by atoms with E-state index in [0.29, 0.717) is 12.2 Å². The third kappa shape index (κ3) is 5.17. The van der Waals surface area contributed by atoms with E-state index in [1.807, 2.05) is 67.9 Å². The van der Waals surface area contributed by atoms with Crippen molar-refractivity contribution in [3.8, 4) is 5.69 Å². The van der Waals surface area contributed by atoms with Gasteiger partial charge in [0.1, 0.15) is 12.4 Å². The zero-order chi connectivity index (χ0) is 23.5. The summed E-state index contributed by atoms with van der Waals surface area (Å²) in [7, 11) is -0.940. The predicted molar refractivity (Wildman–Crippen MR) is 126 cm³/mol. The van der Waals surface area contributed by atoms with Gasteiger partial charge in [-0.25, -0.2) is 9.29 Å². The van der Waals surface area contributed by atoms with Crippen LogP contribution in [0.3, 0.4) is 0 Å². The normalized spacial score (nSPS) is 11.6. The number of hydrogen-bond acceptors (Lipinski definition) is 4. The average Bonchev–Trinajstić information content (AvgIpc) is 3.18. The van der Waals surface area contributed by atoms with Gasteiger partial charge in [-0.1, -0.05) is 24.3 Å². The van der Waals surface area contributed by atoms with E-state index in [-0.39, 0.29) is 12.5 Å². The van der Waals surface area contributed by atoms with Crippen LogP contribution in [0.1, 0.15) is 22.5 Å². The first-order valence-corrected chi connectivity index (χ1v) is 11.6. The molecule has 1 heterocycles. The number of aryl methyl sites for hydroxylation is 3. The fourth-order valence-electron chi connectivity index (χ4n) is 3.29. The number of nitrogens with zero attached hydrogens (tertiary/aromatic N) is 4. The Balaban J connectivity index is 1.73. The number of hydrogen-bond donors (Lipinski definition) is 1. The van der Waals surface area contributed by atoms with Gasteiger partial charge in [0.2, 0.25) is 5.91 Å². The molecule has 0 fully saturated rings. The first-order valence-electron chi connectivity index (χ1n) is 10.2. The average molecular weight is 456 g/mol. The van der Waals surface area contributed by atoms with Crippen molar-refractivity contribution in [1.82, 2.24) is 19.2 Å². The molecular weight excluding hydrogens is 426 g/mol. The monoisotopic (exact) mass is 455 g/mol. The van der Waals surface area contributed by atoms with E-state index in [1.54, 1.807) is 12.3 Å². The lowest BCUT2D eigenvalue weighted by molar-refractivity contribution is -0.119. The number of amides is 1. The van der Waals surface area contributed by atoms with Gasteiger partial charge < -0.3 is 9.88 Å². The molecule has 3 aromatic rings. The molecule has 0 aliphatic rings. The van der Waals surface area contributed by atoms with Crippen LogP contribution in [0, 0.1) is 20.8 Å². The van der Waals surface area contributed by atoms with Gasteiger partial charge in [0.05, 0.1) is 5.69 Å². The summed E-state index contributed by atoms with van der Waals surface area (Å²) in [6.45, 7) is 5.63. The van der Waals surface area contributed by atoms with E-state index in [1.165, 1.54) is 14.1 Å². The Morgan fingerprint density at radius 2 is 1.75 bits per heavy atom. The highest BCUT2D eigenvalue weighted by Gasteiger charge is 2.28. The van der Waals surface area contributed by atoms with Crippen LogP contribution in [0.2, 0.25) is 0 Å². The molecule has 3 rings (SSSR count). The van der Waals surface area contributed by atoms with E-state index >= 15 is 0 Å². The highest BCUT2D eigenvalue weighted by Crippen LogP contribution is 2.25. The third-order valence-corrected chi connectivity index (χ3v) is 7.00. The highest BCUT2D eigenvalue weighted by molar-refractivity contribution is 7.90. The fraction of sp³-hybridized carbons (Fsp3) is 0.304. The SMILES string of the molecule is Cc1ccc(C)c(N(CC(=O)NCc2ccc(-n3ccnc3C)cc2)S(=O)(=O)N(C)C)c1. The van der Waals surface area contributed by atoms with Crippen LogP contribution in [0.15, 0.2) is 54.9 Å². The first-order chi connectivity index (χ1) is 15.1. The molecule has 0 saturated heterocycles. The molecule has 0 saturated carbocycles. The number of benzene rings is 2. The maximum Gasteiger partial charge on any atom is 0.304 e. The van der Waals surface area contributed by atoms with Crippen LogP contribution >= 0.6 is 0 Å². The second-order valence-electron chi connectivity index (χ2n) is 7.87. The molecule has 0 atom stereocenters. The molecule has 0 unspecified atom stereocenters. The third-order valence-electron chi connectivity index (χ3n) is 5.19. The lowest BCUT2D eigenvalue weighted by Crippen LogP contribution is -2.46. The van der Waals surface area contributed by atoms with Crippen molar-refractivity contribution >= 4 is 21.8 Å². The minimum Gasteiger partial charge on any atom is -0.350 e. The molecule has 1 N–H and O–H groups in total. The van der Waals surface area contributed by atoms with Gasteiger partial charge in [0.25, 0.3) is 0 Å². The molecule has 0 spiro atoms. The van der Waals surface area contributed by atoms with Gasteiger partial charge in [0.15, 0.2) is 0 Å². The molecule has 0 aliphatic heterocycles. The van der Waals surface area contributed by atoms with Crippen molar-refractivity contribution in [2.75, 3.05) is 24.9 Å². The number of imidazole rings is 1. The standard InChI is InChI=1S/C23H29N5O3S/c1-17-6-7-18(2)22(14-17)28(32(30,31)26(4)5)16-23(29)25-15-20-8-10-21(11-9-20)27-13-12-24-19(27)3/h6-14H,15-16H2,1-5H3,(H,25,29). The number of carbonyl (C=O) groups excluding carboxylic acids is 1. The molecule has 32 heavy (non-hydrogen) atoms. The molecule has 0 radical (unpaired) electrons. The van der Waals surface area contributed by atoms with Crippen molar-refractivity contribution in [2.45, 2.75) is 27.3 Å². The summed E-state index contributed by atoms with van der Waals surface area (Å²) >= 11 is 0. The van der Waals surface area contributed by atoms with Gasteiger partial charge >= 0.3 is 10.2 Å². The number of rotatable bonds is 8. The van der Waals surface area contributed by atoms with Crippen LogP contribution in [0.25, 0.3) is 5.69 Å². The van der Waals surface area contributed by atoms with Gasteiger partial charge in [-0.05, 0) is 55.7 Å². The predicted octanol–water partition coefficient (Wildman–Crippen LogP) is 2.73. The van der Waals surface area contributed by atoms with Gasteiger partial charge in [-0.2, -0.15) is 12.7 Å². The summed E-state index contributed by atoms with van der Waals surface area (Å²) in [5, 5.41) is 2.83. The smallest absolute Gasteiger partial charge is 0.304 e. The summed E-state index contributed by atoms with van der Waals surface area (Å²) < 4.78 is 30.1. The Kier molecular flexibility index (Phi) is 7.00. The lowest BCUT2D eigenvalue weighted by Gasteiger charge is -2.28. The second-order valence-corrected chi connectivity index (χ2v) is 9.94. The Morgan fingerprint density at radius 3 is 2.34 bits per heavy atom. The van der Waals surface area contributed by atoms with Gasteiger partial charge in [0, 0.05) is 38.7 Å². The molecule has 8 nitrogen and oxygen atoms in total. The topological polar surface area (TPSA) is 87.5 Å². The van der Waals surface area contributed by atoms with Crippen LogP contribution in [0.4, 0.5) is 5.69 Å². The summed E-state index contributed by atoms with van der Waals surface area (Å²) in [4.78, 5) is 16.9. The van der Waals surface area contributed by atoms with Crippen LogP contribution in [-0.4, -0.2) is 48.8 Å². The van der Waals surface area contributed by atoms with Crippen molar-refractivity contribution in [3.63, 3.8) is 0 Å². The Morgan fingerprint density at radius 1 is 1.06 bits per heavy atom. The molecule has 2 aromatic carbocycles. The summed E-state index contributed by atoms with van der Waals surface area (Å²) in [5.41, 5.74) is 4.08. The fourth-order valence-corrected chi connectivity index (χ4v) is 4.41. The van der Waals surface area contributed by atoms with Crippen molar-refractivity contribution in [3.05, 3.63) is 77.4 Å². The number of nitrogens with one attached hydrogen (secondary N) is 1. The minimum atomic E-state index is -3.85. The maximum absolute atomic E-state index is 12.9. The quantitative estimate of drug-likeness (QED) is 0.566. The number of anilines is 1. The Hall–Kier alpha value is -3.17.